The lowest BCUT2D eigenvalue weighted by Crippen LogP contribution is -2.41. The minimum Gasteiger partial charge on any atom is -0.355 e. The van der Waals surface area contributed by atoms with Crippen LogP contribution in [-0.2, 0) is 11.2 Å². The second kappa shape index (κ2) is 7.06. The molecule has 0 radical (unpaired) electrons. The smallest absolute Gasteiger partial charge is 0.236 e. The first-order valence-corrected chi connectivity index (χ1v) is 6.11. The van der Waals surface area contributed by atoms with Crippen LogP contribution in [0.4, 0.5) is 0 Å². The van der Waals surface area contributed by atoms with E-state index in [0.29, 0.717) is 12.5 Å². The topological polar surface area (TPSA) is 83.8 Å². The zero-order chi connectivity index (χ0) is 12.7. The van der Waals surface area contributed by atoms with Crippen molar-refractivity contribution in [3.63, 3.8) is 0 Å². The van der Waals surface area contributed by atoms with Gasteiger partial charge in [0.25, 0.3) is 0 Å². The lowest BCUT2D eigenvalue weighted by molar-refractivity contribution is -0.122. The summed E-state index contributed by atoms with van der Waals surface area (Å²) in [6.07, 6.45) is 5.96. The Bertz CT molecular complexity index is 321. The van der Waals surface area contributed by atoms with Crippen LogP contribution >= 0.6 is 0 Å². The zero-order valence-electron chi connectivity index (χ0n) is 10.6. The third-order valence-electron chi connectivity index (χ3n) is 2.51. The molecule has 17 heavy (non-hydrogen) atoms. The van der Waals surface area contributed by atoms with E-state index in [1.54, 1.807) is 12.4 Å². The fourth-order valence-electron chi connectivity index (χ4n) is 1.65. The van der Waals surface area contributed by atoms with Gasteiger partial charge in [0.1, 0.15) is 5.82 Å². The van der Waals surface area contributed by atoms with Crippen LogP contribution in [0.3, 0.4) is 0 Å². The van der Waals surface area contributed by atoms with Crippen molar-refractivity contribution in [2.24, 2.45) is 11.7 Å². The second-order valence-corrected chi connectivity index (χ2v) is 4.67. The van der Waals surface area contributed by atoms with Gasteiger partial charge in [0, 0.05) is 25.4 Å². The largest absolute Gasteiger partial charge is 0.355 e. The van der Waals surface area contributed by atoms with E-state index in [1.807, 2.05) is 0 Å². The van der Waals surface area contributed by atoms with Gasteiger partial charge < -0.3 is 16.0 Å². The van der Waals surface area contributed by atoms with Gasteiger partial charge in [-0.25, -0.2) is 4.98 Å². The van der Waals surface area contributed by atoms with E-state index >= 15 is 0 Å². The van der Waals surface area contributed by atoms with Crippen molar-refractivity contribution in [2.75, 3.05) is 6.54 Å². The van der Waals surface area contributed by atoms with Crippen molar-refractivity contribution in [3.05, 3.63) is 18.2 Å². The molecule has 1 aromatic rings. The molecule has 4 N–H and O–H groups in total. The summed E-state index contributed by atoms with van der Waals surface area (Å²) < 4.78 is 0. The van der Waals surface area contributed by atoms with E-state index in [1.165, 1.54) is 0 Å². The molecule has 0 spiro atoms. The fraction of sp³-hybridized carbons (Fsp3) is 0.667. The molecule has 0 saturated carbocycles. The van der Waals surface area contributed by atoms with Crippen LogP contribution in [0.2, 0.25) is 0 Å². The van der Waals surface area contributed by atoms with Gasteiger partial charge in [-0.1, -0.05) is 13.8 Å². The number of aryl methyl sites for hydroxylation is 1. The minimum absolute atomic E-state index is 0.0573. The summed E-state index contributed by atoms with van der Waals surface area (Å²) in [6, 6.07) is -0.390. The van der Waals surface area contributed by atoms with Crippen molar-refractivity contribution in [1.29, 1.82) is 0 Å². The molecular formula is C12H22N4O. The average molecular weight is 238 g/mol. The first-order chi connectivity index (χ1) is 8.09. The Morgan fingerprint density at radius 3 is 2.94 bits per heavy atom. The van der Waals surface area contributed by atoms with Gasteiger partial charge in [-0.3, -0.25) is 4.79 Å². The summed E-state index contributed by atoms with van der Waals surface area (Å²) >= 11 is 0. The van der Waals surface area contributed by atoms with Crippen LogP contribution in [0.25, 0.3) is 0 Å². The highest BCUT2D eigenvalue weighted by Crippen LogP contribution is 2.02. The van der Waals surface area contributed by atoms with Gasteiger partial charge >= 0.3 is 0 Å². The molecule has 0 aliphatic rings. The molecule has 1 atom stereocenters. The Kier molecular flexibility index (Phi) is 5.69. The molecule has 0 bridgehead atoms. The number of hydrogen-bond donors (Lipinski definition) is 3. The number of carbonyl (C=O) groups excluding carboxylic acids is 1. The third kappa shape index (κ3) is 5.49. The molecule has 1 heterocycles. The molecule has 0 aliphatic heterocycles. The Hall–Kier alpha value is -1.36. The monoisotopic (exact) mass is 238 g/mol. The molecule has 5 nitrogen and oxygen atoms in total. The fourth-order valence-corrected chi connectivity index (χ4v) is 1.65. The number of carbonyl (C=O) groups is 1. The highest BCUT2D eigenvalue weighted by Gasteiger charge is 2.13. The van der Waals surface area contributed by atoms with Gasteiger partial charge in [0.05, 0.1) is 6.04 Å². The molecule has 0 unspecified atom stereocenters. The summed E-state index contributed by atoms with van der Waals surface area (Å²) in [7, 11) is 0. The maximum atomic E-state index is 11.6. The quantitative estimate of drug-likeness (QED) is 0.615. The van der Waals surface area contributed by atoms with Crippen LogP contribution < -0.4 is 11.1 Å². The lowest BCUT2D eigenvalue weighted by atomic mass is 10.0. The van der Waals surface area contributed by atoms with E-state index in [2.05, 4.69) is 29.1 Å². The number of nitrogens with zero attached hydrogens (tertiary/aromatic N) is 1. The summed E-state index contributed by atoms with van der Waals surface area (Å²) in [4.78, 5) is 18.7. The van der Waals surface area contributed by atoms with E-state index < -0.39 is 6.04 Å². The van der Waals surface area contributed by atoms with Gasteiger partial charge in [-0.2, -0.15) is 0 Å². The van der Waals surface area contributed by atoms with Gasteiger partial charge in [0.2, 0.25) is 5.91 Å². The normalized spacial score (nSPS) is 12.7. The highest BCUT2D eigenvalue weighted by atomic mass is 16.2. The summed E-state index contributed by atoms with van der Waals surface area (Å²) in [6.45, 7) is 4.76. The van der Waals surface area contributed by atoms with Crippen LogP contribution in [0, 0.1) is 5.92 Å². The molecule has 0 aromatic carbocycles. The Morgan fingerprint density at radius 2 is 2.35 bits per heavy atom. The molecule has 0 saturated heterocycles. The molecular weight excluding hydrogens is 216 g/mol. The van der Waals surface area contributed by atoms with E-state index in [-0.39, 0.29) is 5.91 Å². The molecule has 96 valence electrons. The molecule has 1 amide bonds. The predicted molar refractivity (Wildman–Crippen MR) is 67.3 cm³/mol. The summed E-state index contributed by atoms with van der Waals surface area (Å²) in [5.74, 6) is 1.34. The number of rotatable bonds is 7. The molecule has 0 aliphatic carbocycles. The van der Waals surface area contributed by atoms with Crippen molar-refractivity contribution in [3.8, 4) is 0 Å². The third-order valence-corrected chi connectivity index (χ3v) is 2.51. The van der Waals surface area contributed by atoms with Crippen LogP contribution in [0.15, 0.2) is 12.4 Å². The Balaban J connectivity index is 2.11. The summed E-state index contributed by atoms with van der Waals surface area (Å²) in [5.41, 5.74) is 5.76. The number of aromatic nitrogens is 2. The maximum absolute atomic E-state index is 11.6. The molecule has 1 rings (SSSR count). The number of H-pyrrole nitrogens is 1. The number of imidazole rings is 1. The lowest BCUT2D eigenvalue weighted by Gasteiger charge is -2.13. The van der Waals surface area contributed by atoms with Crippen molar-refractivity contribution in [1.82, 2.24) is 15.3 Å². The van der Waals surface area contributed by atoms with Crippen molar-refractivity contribution in [2.45, 2.75) is 39.2 Å². The number of hydrogen-bond acceptors (Lipinski definition) is 3. The average Bonchev–Trinajstić information content (AvgIpc) is 2.75. The number of nitrogens with one attached hydrogen (secondary N) is 2. The van der Waals surface area contributed by atoms with Crippen LogP contribution in [0.5, 0.6) is 0 Å². The zero-order valence-corrected chi connectivity index (χ0v) is 10.6. The Morgan fingerprint density at radius 1 is 1.59 bits per heavy atom. The number of aromatic amines is 1. The van der Waals surface area contributed by atoms with Gasteiger partial charge in [-0.15, -0.1) is 0 Å². The number of nitrogens with two attached hydrogens (primary N) is 1. The van der Waals surface area contributed by atoms with E-state index in [9.17, 15) is 4.79 Å². The predicted octanol–water partition coefficient (Wildman–Crippen LogP) is 0.832. The molecule has 0 fully saturated rings. The van der Waals surface area contributed by atoms with Gasteiger partial charge in [0.15, 0.2) is 0 Å². The van der Waals surface area contributed by atoms with Crippen LogP contribution in [0.1, 0.15) is 32.5 Å². The van der Waals surface area contributed by atoms with Gasteiger partial charge in [-0.05, 0) is 18.8 Å². The molecule has 1 aromatic heterocycles. The van der Waals surface area contributed by atoms with Crippen molar-refractivity contribution >= 4 is 5.91 Å². The highest BCUT2D eigenvalue weighted by molar-refractivity contribution is 5.81. The SMILES string of the molecule is CC(C)C[C@H](N)C(=O)NCCCc1ncc[nH]1. The first kappa shape index (κ1) is 13.7. The van der Waals surface area contributed by atoms with E-state index in [0.717, 1.165) is 25.1 Å². The van der Waals surface area contributed by atoms with Crippen LogP contribution in [-0.4, -0.2) is 28.5 Å². The van der Waals surface area contributed by atoms with E-state index in [4.69, 9.17) is 5.73 Å². The number of amides is 1. The molecule has 5 heteroatoms. The maximum Gasteiger partial charge on any atom is 0.236 e. The second-order valence-electron chi connectivity index (χ2n) is 4.67. The standard InChI is InChI=1S/C12H22N4O/c1-9(2)8-10(13)12(17)16-5-3-4-11-14-6-7-15-11/h6-7,9-10H,3-5,8,13H2,1-2H3,(H,14,15)(H,16,17)/t10-/m0/s1. The summed E-state index contributed by atoms with van der Waals surface area (Å²) in [5, 5.41) is 2.84. The Labute approximate surface area is 102 Å². The van der Waals surface area contributed by atoms with Crippen molar-refractivity contribution < 1.29 is 4.79 Å². The first-order valence-electron chi connectivity index (χ1n) is 6.11. The minimum atomic E-state index is -0.390.